The lowest BCUT2D eigenvalue weighted by Crippen LogP contribution is -2.52. The number of benzene rings is 1. The zero-order valence-electron chi connectivity index (χ0n) is 13.4. The van der Waals surface area contributed by atoms with Gasteiger partial charge in [0, 0.05) is 43.3 Å². The monoisotopic (exact) mass is 368 g/mol. The summed E-state index contributed by atoms with van der Waals surface area (Å²) >= 11 is 5.84. The molecule has 2 aliphatic heterocycles. The lowest BCUT2D eigenvalue weighted by molar-refractivity contribution is -0.127. The molecule has 0 spiro atoms. The van der Waals surface area contributed by atoms with E-state index in [1.165, 1.54) is 0 Å². The molecule has 3 rings (SSSR count). The van der Waals surface area contributed by atoms with Crippen LogP contribution in [0.2, 0.25) is 5.02 Å². The molecule has 24 heavy (non-hydrogen) atoms. The Kier molecular flexibility index (Phi) is 5.27. The minimum Gasteiger partial charge on any atom is -0.337 e. The highest BCUT2D eigenvalue weighted by molar-refractivity contribution is 7.91. The zero-order chi connectivity index (χ0) is 17.2. The van der Waals surface area contributed by atoms with Crippen molar-refractivity contribution in [2.24, 2.45) is 0 Å². The summed E-state index contributed by atoms with van der Waals surface area (Å²) in [6.45, 7) is 2.75. The maximum Gasteiger partial charge on any atom is 0.246 e. The van der Waals surface area contributed by atoms with Crippen LogP contribution in [0.25, 0.3) is 6.08 Å². The summed E-state index contributed by atoms with van der Waals surface area (Å²) in [4.78, 5) is 16.3. The summed E-state index contributed by atoms with van der Waals surface area (Å²) in [6, 6.07) is 7.44. The number of rotatable bonds is 3. The highest BCUT2D eigenvalue weighted by Gasteiger charge is 2.34. The first-order valence-corrected chi connectivity index (χ1v) is 10.3. The molecule has 1 aromatic rings. The fourth-order valence-electron chi connectivity index (χ4n) is 3.22. The number of nitrogens with zero attached hydrogens (tertiary/aromatic N) is 2. The number of amides is 1. The molecule has 2 saturated heterocycles. The average Bonchev–Trinajstić information content (AvgIpc) is 2.94. The number of carbonyl (C=O) groups excluding carboxylic acids is 1. The lowest BCUT2D eigenvalue weighted by Gasteiger charge is -2.37. The minimum absolute atomic E-state index is 0.0105. The average molecular weight is 369 g/mol. The molecular formula is C17H21ClN2O3S. The third-order valence-electron chi connectivity index (χ3n) is 4.64. The van der Waals surface area contributed by atoms with Gasteiger partial charge < -0.3 is 4.90 Å². The number of carbonyl (C=O) groups is 1. The Labute approximate surface area is 147 Å². The van der Waals surface area contributed by atoms with Crippen molar-refractivity contribution < 1.29 is 13.2 Å². The Morgan fingerprint density at radius 3 is 2.38 bits per heavy atom. The van der Waals surface area contributed by atoms with E-state index >= 15 is 0 Å². The van der Waals surface area contributed by atoms with Crippen molar-refractivity contribution in [2.45, 2.75) is 12.5 Å². The van der Waals surface area contributed by atoms with Gasteiger partial charge in [0.15, 0.2) is 9.84 Å². The van der Waals surface area contributed by atoms with Gasteiger partial charge in [0.05, 0.1) is 11.5 Å². The van der Waals surface area contributed by atoms with Crippen LogP contribution in [0.1, 0.15) is 12.0 Å². The SMILES string of the molecule is O=C(/C=C/c1ccc(Cl)cc1)N1CCN(C2CCS(=O)(=O)C2)CC1. The summed E-state index contributed by atoms with van der Waals surface area (Å²) in [6.07, 6.45) is 4.08. The van der Waals surface area contributed by atoms with Crippen LogP contribution in [0.5, 0.6) is 0 Å². The molecule has 7 heteroatoms. The smallest absolute Gasteiger partial charge is 0.246 e. The third kappa shape index (κ3) is 4.37. The van der Waals surface area contributed by atoms with Gasteiger partial charge in [-0.1, -0.05) is 23.7 Å². The van der Waals surface area contributed by atoms with E-state index < -0.39 is 9.84 Å². The largest absolute Gasteiger partial charge is 0.337 e. The second kappa shape index (κ2) is 7.25. The van der Waals surface area contributed by atoms with Gasteiger partial charge in [0.1, 0.15) is 0 Å². The standard InChI is InChI=1S/C17H21ClN2O3S/c18-15-4-1-14(2-5-15)3-6-17(21)20-10-8-19(9-11-20)16-7-12-24(22,23)13-16/h1-6,16H,7-13H2/b6-3+. The molecule has 0 bridgehead atoms. The van der Waals surface area contributed by atoms with Crippen LogP contribution < -0.4 is 0 Å². The maximum atomic E-state index is 12.3. The van der Waals surface area contributed by atoms with E-state index in [0.717, 1.165) is 18.7 Å². The zero-order valence-corrected chi connectivity index (χ0v) is 15.0. The first kappa shape index (κ1) is 17.5. The topological polar surface area (TPSA) is 57.7 Å². The molecule has 0 N–H and O–H groups in total. The third-order valence-corrected chi connectivity index (χ3v) is 6.64. The van der Waals surface area contributed by atoms with Crippen molar-refractivity contribution in [1.82, 2.24) is 9.80 Å². The number of sulfone groups is 1. The van der Waals surface area contributed by atoms with Crippen molar-refractivity contribution in [3.63, 3.8) is 0 Å². The molecule has 0 aromatic heterocycles. The maximum absolute atomic E-state index is 12.3. The first-order chi connectivity index (χ1) is 11.4. The summed E-state index contributed by atoms with van der Waals surface area (Å²) in [7, 11) is -2.86. The number of piperazine rings is 1. The van der Waals surface area contributed by atoms with Crippen LogP contribution in [0.3, 0.4) is 0 Å². The molecule has 0 saturated carbocycles. The van der Waals surface area contributed by atoms with Gasteiger partial charge >= 0.3 is 0 Å². The van der Waals surface area contributed by atoms with Gasteiger partial charge in [0.25, 0.3) is 0 Å². The van der Waals surface area contributed by atoms with E-state index in [-0.39, 0.29) is 17.7 Å². The van der Waals surface area contributed by atoms with Crippen LogP contribution in [0.4, 0.5) is 0 Å². The predicted molar refractivity (Wildman–Crippen MR) is 95.7 cm³/mol. The molecule has 1 amide bonds. The predicted octanol–water partition coefficient (Wildman–Crippen LogP) is 1.68. The van der Waals surface area contributed by atoms with E-state index in [4.69, 9.17) is 11.6 Å². The molecule has 1 aromatic carbocycles. The van der Waals surface area contributed by atoms with Gasteiger partial charge in [0.2, 0.25) is 5.91 Å². The van der Waals surface area contributed by atoms with E-state index in [2.05, 4.69) is 4.90 Å². The van der Waals surface area contributed by atoms with Crippen LogP contribution in [0.15, 0.2) is 30.3 Å². The van der Waals surface area contributed by atoms with Crippen molar-refractivity contribution in [1.29, 1.82) is 0 Å². The molecule has 2 fully saturated rings. The summed E-state index contributed by atoms with van der Waals surface area (Å²) in [5.41, 5.74) is 0.933. The Morgan fingerprint density at radius 1 is 1.12 bits per heavy atom. The normalized spacial score (nSPS) is 24.5. The van der Waals surface area contributed by atoms with Gasteiger partial charge in [-0.15, -0.1) is 0 Å². The summed E-state index contributed by atoms with van der Waals surface area (Å²) < 4.78 is 23.2. The fraction of sp³-hybridized carbons (Fsp3) is 0.471. The molecule has 0 aliphatic carbocycles. The summed E-state index contributed by atoms with van der Waals surface area (Å²) in [5, 5.41) is 0.670. The highest BCUT2D eigenvalue weighted by Crippen LogP contribution is 2.19. The molecule has 0 radical (unpaired) electrons. The van der Waals surface area contributed by atoms with E-state index in [0.29, 0.717) is 30.3 Å². The summed E-state index contributed by atoms with van der Waals surface area (Å²) in [5.74, 6) is 0.543. The van der Waals surface area contributed by atoms with E-state index in [1.54, 1.807) is 24.3 Å². The molecule has 130 valence electrons. The Bertz CT molecular complexity index is 723. The Hall–Kier alpha value is -1.37. The van der Waals surface area contributed by atoms with Crippen molar-refractivity contribution in [2.75, 3.05) is 37.7 Å². The second-order valence-electron chi connectivity index (χ2n) is 6.30. The van der Waals surface area contributed by atoms with Gasteiger partial charge in [-0.3, -0.25) is 9.69 Å². The molecule has 5 nitrogen and oxygen atoms in total. The van der Waals surface area contributed by atoms with E-state index in [1.807, 2.05) is 17.0 Å². The van der Waals surface area contributed by atoms with Gasteiger partial charge in [-0.25, -0.2) is 8.42 Å². The lowest BCUT2D eigenvalue weighted by atomic mass is 10.2. The van der Waals surface area contributed by atoms with Crippen molar-refractivity contribution >= 4 is 33.4 Å². The molecular weight excluding hydrogens is 348 g/mol. The Morgan fingerprint density at radius 2 is 1.79 bits per heavy atom. The number of hydrogen-bond acceptors (Lipinski definition) is 4. The van der Waals surface area contributed by atoms with Crippen LogP contribution in [0, 0.1) is 0 Å². The molecule has 1 atom stereocenters. The van der Waals surface area contributed by atoms with Gasteiger partial charge in [-0.2, -0.15) is 0 Å². The van der Waals surface area contributed by atoms with Crippen molar-refractivity contribution in [3.05, 3.63) is 40.9 Å². The van der Waals surface area contributed by atoms with Crippen LogP contribution in [-0.4, -0.2) is 67.9 Å². The Balaban J connectivity index is 1.51. The number of halogens is 1. The second-order valence-corrected chi connectivity index (χ2v) is 8.97. The first-order valence-electron chi connectivity index (χ1n) is 8.10. The molecule has 1 unspecified atom stereocenters. The fourth-order valence-corrected chi connectivity index (χ4v) is 5.11. The van der Waals surface area contributed by atoms with Crippen molar-refractivity contribution in [3.8, 4) is 0 Å². The van der Waals surface area contributed by atoms with E-state index in [9.17, 15) is 13.2 Å². The van der Waals surface area contributed by atoms with Gasteiger partial charge in [-0.05, 0) is 30.2 Å². The molecule has 2 heterocycles. The molecule has 2 aliphatic rings. The van der Waals surface area contributed by atoms with Crippen LogP contribution in [-0.2, 0) is 14.6 Å². The highest BCUT2D eigenvalue weighted by atomic mass is 35.5. The quantitative estimate of drug-likeness (QED) is 0.762. The van der Waals surface area contributed by atoms with Crippen LogP contribution >= 0.6 is 11.6 Å². The number of hydrogen-bond donors (Lipinski definition) is 0. The minimum atomic E-state index is -2.86.